The van der Waals surface area contributed by atoms with Gasteiger partial charge in [-0.15, -0.1) is 0 Å². The van der Waals surface area contributed by atoms with Crippen molar-refractivity contribution in [2.24, 2.45) is 0 Å². The van der Waals surface area contributed by atoms with Gasteiger partial charge in [0, 0.05) is 24.5 Å². The maximum absolute atomic E-state index is 12.4. The minimum atomic E-state index is -0.620. The summed E-state index contributed by atoms with van der Waals surface area (Å²) in [6, 6.07) is 16.7. The molecular formula is C20H16N4O4. The second-order valence-electron chi connectivity index (χ2n) is 5.70. The third-order valence-corrected chi connectivity index (χ3v) is 3.88. The number of carbonyl (C=O) groups excluding carboxylic acids is 2. The van der Waals surface area contributed by atoms with Crippen LogP contribution >= 0.6 is 0 Å². The van der Waals surface area contributed by atoms with Gasteiger partial charge >= 0.3 is 0 Å². The molecule has 0 aliphatic carbocycles. The predicted molar refractivity (Wildman–Crippen MR) is 104 cm³/mol. The van der Waals surface area contributed by atoms with Gasteiger partial charge < -0.3 is 4.57 Å². The molecule has 0 unspecified atom stereocenters. The van der Waals surface area contributed by atoms with E-state index in [1.54, 1.807) is 47.3 Å². The fourth-order valence-electron chi connectivity index (χ4n) is 2.57. The van der Waals surface area contributed by atoms with Gasteiger partial charge in [0.05, 0.1) is 21.7 Å². The minimum Gasteiger partial charge on any atom is -0.323 e. The molecule has 1 aromatic heterocycles. The summed E-state index contributed by atoms with van der Waals surface area (Å²) in [5.74, 6) is -1.11. The molecule has 3 rings (SSSR count). The molecular weight excluding hydrogens is 360 g/mol. The molecule has 2 aromatic carbocycles. The molecule has 140 valence electrons. The van der Waals surface area contributed by atoms with Gasteiger partial charge in [-0.1, -0.05) is 24.3 Å². The van der Waals surface area contributed by atoms with Crippen LogP contribution in [0.1, 0.15) is 15.9 Å². The number of carbonyl (C=O) groups is 2. The molecule has 0 atom stereocenters. The second kappa shape index (κ2) is 8.45. The Kier molecular flexibility index (Phi) is 5.61. The SMILES string of the molecule is O=C(/C=C/c1ccccc1[N+](=O)[O-])NNC(=O)c1ccccc1-n1cccc1. The Labute approximate surface area is 160 Å². The molecule has 0 aliphatic heterocycles. The standard InChI is InChI=1S/C20H16N4O4/c25-19(12-11-15-7-1-3-9-17(15)24(27)28)21-22-20(26)16-8-2-4-10-18(16)23-13-5-6-14-23/h1-14H,(H,21,25)(H,22,26)/b12-11+. The van der Waals surface area contributed by atoms with Crippen LogP contribution in [0.5, 0.6) is 0 Å². The number of aromatic nitrogens is 1. The van der Waals surface area contributed by atoms with Crippen molar-refractivity contribution in [3.8, 4) is 5.69 Å². The quantitative estimate of drug-likeness (QED) is 0.406. The van der Waals surface area contributed by atoms with Gasteiger partial charge in [-0.2, -0.15) is 0 Å². The first-order valence-electron chi connectivity index (χ1n) is 8.30. The van der Waals surface area contributed by atoms with Crippen molar-refractivity contribution in [3.05, 3.63) is 100 Å². The molecule has 2 amide bonds. The van der Waals surface area contributed by atoms with Crippen molar-refractivity contribution in [1.82, 2.24) is 15.4 Å². The Balaban J connectivity index is 1.66. The van der Waals surface area contributed by atoms with E-state index in [0.29, 0.717) is 11.3 Å². The molecule has 0 fully saturated rings. The van der Waals surface area contributed by atoms with Crippen molar-refractivity contribution >= 4 is 23.6 Å². The predicted octanol–water partition coefficient (Wildman–Crippen LogP) is 2.86. The summed E-state index contributed by atoms with van der Waals surface area (Å²) in [5.41, 5.74) is 5.81. The lowest BCUT2D eigenvalue weighted by Gasteiger charge is -2.11. The van der Waals surface area contributed by atoms with Crippen molar-refractivity contribution in [2.75, 3.05) is 0 Å². The number of benzene rings is 2. The topological polar surface area (TPSA) is 106 Å². The number of rotatable bonds is 5. The Bertz CT molecular complexity index is 1040. The van der Waals surface area contributed by atoms with Crippen LogP contribution in [0.3, 0.4) is 0 Å². The highest BCUT2D eigenvalue weighted by Gasteiger charge is 2.13. The zero-order valence-electron chi connectivity index (χ0n) is 14.6. The van der Waals surface area contributed by atoms with Crippen molar-refractivity contribution in [1.29, 1.82) is 0 Å². The summed E-state index contributed by atoms with van der Waals surface area (Å²) in [4.78, 5) is 34.8. The van der Waals surface area contributed by atoms with Crippen LogP contribution in [0.25, 0.3) is 11.8 Å². The van der Waals surface area contributed by atoms with E-state index in [2.05, 4.69) is 10.9 Å². The zero-order valence-corrected chi connectivity index (χ0v) is 14.6. The molecule has 8 heteroatoms. The normalized spacial score (nSPS) is 10.6. The van der Waals surface area contributed by atoms with E-state index < -0.39 is 16.7 Å². The number of hydrogen-bond donors (Lipinski definition) is 2. The average Bonchev–Trinajstić information content (AvgIpc) is 3.25. The van der Waals surface area contributed by atoms with Gasteiger partial charge in [0.15, 0.2) is 0 Å². The number of nitrogens with one attached hydrogen (secondary N) is 2. The van der Waals surface area contributed by atoms with Crippen LogP contribution in [0.4, 0.5) is 5.69 Å². The number of hydrogen-bond acceptors (Lipinski definition) is 4. The summed E-state index contributed by atoms with van der Waals surface area (Å²) in [6.07, 6.45) is 6.04. The molecule has 28 heavy (non-hydrogen) atoms. The van der Waals surface area contributed by atoms with E-state index >= 15 is 0 Å². The summed E-state index contributed by atoms with van der Waals surface area (Å²) in [5, 5.41) is 11.0. The van der Waals surface area contributed by atoms with Crippen LogP contribution in [0.2, 0.25) is 0 Å². The molecule has 0 radical (unpaired) electrons. The third kappa shape index (κ3) is 4.31. The number of nitro benzene ring substituents is 1. The van der Waals surface area contributed by atoms with Gasteiger partial charge in [0.2, 0.25) is 0 Å². The maximum atomic E-state index is 12.4. The molecule has 0 saturated carbocycles. The highest BCUT2D eigenvalue weighted by Crippen LogP contribution is 2.18. The smallest absolute Gasteiger partial charge is 0.276 e. The first kappa shape index (κ1) is 18.6. The van der Waals surface area contributed by atoms with Gasteiger partial charge in [-0.3, -0.25) is 30.6 Å². The third-order valence-electron chi connectivity index (χ3n) is 3.88. The van der Waals surface area contributed by atoms with Gasteiger partial charge in [0.1, 0.15) is 0 Å². The highest BCUT2D eigenvalue weighted by molar-refractivity contribution is 6.00. The monoisotopic (exact) mass is 376 g/mol. The molecule has 1 heterocycles. The lowest BCUT2D eigenvalue weighted by atomic mass is 10.1. The maximum Gasteiger partial charge on any atom is 0.276 e. The van der Waals surface area contributed by atoms with Crippen LogP contribution in [-0.4, -0.2) is 21.3 Å². The van der Waals surface area contributed by atoms with Crippen LogP contribution in [0, 0.1) is 10.1 Å². The van der Waals surface area contributed by atoms with Crippen molar-refractivity contribution in [3.63, 3.8) is 0 Å². The summed E-state index contributed by atoms with van der Waals surface area (Å²) in [7, 11) is 0. The number of nitrogens with zero attached hydrogens (tertiary/aromatic N) is 2. The van der Waals surface area contributed by atoms with Gasteiger partial charge in [-0.25, -0.2) is 0 Å². The number of para-hydroxylation sites is 2. The summed E-state index contributed by atoms with van der Waals surface area (Å²) < 4.78 is 1.78. The Morgan fingerprint density at radius 3 is 2.36 bits per heavy atom. The molecule has 0 saturated heterocycles. The Morgan fingerprint density at radius 2 is 1.61 bits per heavy atom. The van der Waals surface area contributed by atoms with Crippen molar-refractivity contribution < 1.29 is 14.5 Å². The van der Waals surface area contributed by atoms with E-state index in [1.807, 2.05) is 12.1 Å². The fourth-order valence-corrected chi connectivity index (χ4v) is 2.57. The van der Waals surface area contributed by atoms with Crippen LogP contribution < -0.4 is 10.9 Å². The lowest BCUT2D eigenvalue weighted by Crippen LogP contribution is -2.41. The molecule has 3 aromatic rings. The van der Waals surface area contributed by atoms with Crippen LogP contribution in [-0.2, 0) is 4.79 Å². The average molecular weight is 376 g/mol. The minimum absolute atomic E-state index is 0.115. The van der Waals surface area contributed by atoms with E-state index in [9.17, 15) is 19.7 Å². The molecule has 8 nitrogen and oxygen atoms in total. The molecule has 0 spiro atoms. The van der Waals surface area contributed by atoms with Gasteiger partial charge in [-0.05, 0) is 36.4 Å². The van der Waals surface area contributed by atoms with E-state index in [1.165, 1.54) is 24.3 Å². The van der Waals surface area contributed by atoms with Crippen LogP contribution in [0.15, 0.2) is 79.1 Å². The highest BCUT2D eigenvalue weighted by atomic mass is 16.6. The zero-order chi connectivity index (χ0) is 19.9. The number of hydrazine groups is 1. The first-order valence-corrected chi connectivity index (χ1v) is 8.30. The van der Waals surface area contributed by atoms with Crippen molar-refractivity contribution in [2.45, 2.75) is 0 Å². The fraction of sp³-hybridized carbons (Fsp3) is 0. The molecule has 0 bridgehead atoms. The summed E-state index contributed by atoms with van der Waals surface area (Å²) in [6.45, 7) is 0. The molecule has 2 N–H and O–H groups in total. The Morgan fingerprint density at radius 1 is 0.929 bits per heavy atom. The van der Waals surface area contributed by atoms with Gasteiger partial charge in [0.25, 0.3) is 17.5 Å². The second-order valence-corrected chi connectivity index (χ2v) is 5.70. The lowest BCUT2D eigenvalue weighted by molar-refractivity contribution is -0.385. The van der Waals surface area contributed by atoms with E-state index in [4.69, 9.17) is 0 Å². The molecule has 0 aliphatic rings. The number of nitro groups is 1. The van der Waals surface area contributed by atoms with E-state index in [-0.39, 0.29) is 11.3 Å². The van der Waals surface area contributed by atoms with E-state index in [0.717, 1.165) is 6.08 Å². The number of amides is 2. The Hall–Kier alpha value is -4.20. The largest absolute Gasteiger partial charge is 0.323 e. The first-order chi connectivity index (χ1) is 13.6. The summed E-state index contributed by atoms with van der Waals surface area (Å²) >= 11 is 0.